The van der Waals surface area contributed by atoms with Crippen LogP contribution in [-0.4, -0.2) is 36.1 Å². The number of halogens is 1. The second-order valence-electron chi connectivity index (χ2n) is 5.73. The summed E-state index contributed by atoms with van der Waals surface area (Å²) in [5, 5.41) is 4.08. The summed E-state index contributed by atoms with van der Waals surface area (Å²) in [5.41, 5.74) is 7.83. The molecule has 0 spiro atoms. The molecule has 0 bridgehead atoms. The minimum Gasteiger partial charge on any atom is -0.398 e. The quantitative estimate of drug-likeness (QED) is 0.885. The molecule has 1 aromatic rings. The van der Waals surface area contributed by atoms with Crippen molar-refractivity contribution in [2.24, 2.45) is 10.7 Å². The predicted molar refractivity (Wildman–Crippen MR) is 99.9 cm³/mol. The Hall–Kier alpha value is -2.05. The van der Waals surface area contributed by atoms with Crippen molar-refractivity contribution in [3.8, 4) is 0 Å². The van der Waals surface area contributed by atoms with E-state index in [1.807, 2.05) is 13.0 Å². The van der Waals surface area contributed by atoms with E-state index in [0.717, 1.165) is 47.5 Å². The van der Waals surface area contributed by atoms with Crippen LogP contribution in [0.1, 0.15) is 12.5 Å². The molecule has 0 aliphatic carbocycles. The van der Waals surface area contributed by atoms with Gasteiger partial charge in [0.2, 0.25) is 0 Å². The monoisotopic (exact) mass is 344 g/mol. The maximum Gasteiger partial charge on any atom is 0.132 e. The lowest BCUT2D eigenvalue weighted by molar-refractivity contribution is 0.298. The van der Waals surface area contributed by atoms with Gasteiger partial charge in [-0.2, -0.15) is 0 Å². The number of nitrogens with zero attached hydrogens (tertiary/aromatic N) is 2. The zero-order valence-electron chi connectivity index (χ0n) is 13.7. The van der Waals surface area contributed by atoms with E-state index in [1.54, 1.807) is 30.0 Å². The number of rotatable bonds is 3. The molecule has 126 valence electrons. The minimum absolute atomic E-state index is 0.328. The molecular weight excluding hydrogens is 323 g/mol. The van der Waals surface area contributed by atoms with E-state index in [2.05, 4.69) is 21.8 Å². The number of nitrogens with two attached hydrogens (primary N) is 1. The Balaban J connectivity index is 1.93. The van der Waals surface area contributed by atoms with Gasteiger partial charge in [0, 0.05) is 37.3 Å². The highest BCUT2D eigenvalue weighted by molar-refractivity contribution is 8.18. The van der Waals surface area contributed by atoms with Crippen LogP contribution in [0.3, 0.4) is 0 Å². The van der Waals surface area contributed by atoms with Crippen molar-refractivity contribution in [2.45, 2.75) is 6.92 Å². The number of piperazine rings is 1. The molecule has 2 heterocycles. The average Bonchev–Trinajstić information content (AvgIpc) is 2.96. The highest BCUT2D eigenvalue weighted by Gasteiger charge is 2.22. The molecule has 1 saturated heterocycles. The maximum absolute atomic E-state index is 14.1. The summed E-state index contributed by atoms with van der Waals surface area (Å²) in [6.45, 7) is 9.70. The molecule has 3 N–H and O–H groups in total. The van der Waals surface area contributed by atoms with Gasteiger partial charge in [0.15, 0.2) is 0 Å². The second kappa shape index (κ2) is 7.23. The largest absolute Gasteiger partial charge is 0.398 e. The van der Waals surface area contributed by atoms with Crippen LogP contribution < -0.4 is 11.1 Å². The van der Waals surface area contributed by atoms with Gasteiger partial charge in [0.25, 0.3) is 0 Å². The van der Waals surface area contributed by atoms with Crippen molar-refractivity contribution in [2.75, 3.05) is 26.2 Å². The third-order valence-corrected chi connectivity index (χ3v) is 4.95. The SMILES string of the molecule is C=C(/N=C1/SC(C)=C/C1=C(/N)c1ccccc1F)N1CCNCC1. The number of aliphatic imine (C=N–C) groups is 1. The zero-order valence-corrected chi connectivity index (χ0v) is 14.5. The first-order valence-corrected chi connectivity index (χ1v) is 8.72. The van der Waals surface area contributed by atoms with Crippen molar-refractivity contribution in [1.29, 1.82) is 0 Å². The average molecular weight is 344 g/mol. The van der Waals surface area contributed by atoms with Gasteiger partial charge >= 0.3 is 0 Å². The molecule has 4 nitrogen and oxygen atoms in total. The van der Waals surface area contributed by atoms with Crippen molar-refractivity contribution < 1.29 is 4.39 Å². The van der Waals surface area contributed by atoms with E-state index in [9.17, 15) is 4.39 Å². The Morgan fingerprint density at radius 3 is 2.75 bits per heavy atom. The van der Waals surface area contributed by atoms with Crippen molar-refractivity contribution in [1.82, 2.24) is 10.2 Å². The molecule has 6 heteroatoms. The highest BCUT2D eigenvalue weighted by atomic mass is 32.2. The predicted octanol–water partition coefficient (Wildman–Crippen LogP) is 2.92. The molecule has 0 radical (unpaired) electrons. The Bertz CT molecular complexity index is 745. The van der Waals surface area contributed by atoms with Crippen molar-refractivity contribution >= 4 is 22.5 Å². The minimum atomic E-state index is -0.328. The first-order chi connectivity index (χ1) is 11.6. The normalized spacial score (nSPS) is 21.8. The van der Waals surface area contributed by atoms with Gasteiger partial charge in [-0.3, -0.25) is 0 Å². The topological polar surface area (TPSA) is 53.6 Å². The highest BCUT2D eigenvalue weighted by Crippen LogP contribution is 2.35. The Morgan fingerprint density at radius 2 is 2.04 bits per heavy atom. The Kier molecular flexibility index (Phi) is 5.06. The van der Waals surface area contributed by atoms with Gasteiger partial charge in [-0.25, -0.2) is 9.38 Å². The van der Waals surface area contributed by atoms with Gasteiger partial charge < -0.3 is 16.0 Å². The Morgan fingerprint density at radius 1 is 1.33 bits per heavy atom. The molecule has 24 heavy (non-hydrogen) atoms. The van der Waals surface area contributed by atoms with E-state index < -0.39 is 0 Å². The van der Waals surface area contributed by atoms with Gasteiger partial charge in [-0.05, 0) is 30.0 Å². The van der Waals surface area contributed by atoms with Crippen LogP contribution >= 0.6 is 11.8 Å². The van der Waals surface area contributed by atoms with Crippen LogP contribution in [0.2, 0.25) is 0 Å². The zero-order chi connectivity index (χ0) is 17.1. The van der Waals surface area contributed by atoms with Crippen molar-refractivity contribution in [3.63, 3.8) is 0 Å². The van der Waals surface area contributed by atoms with Crippen LogP contribution in [0, 0.1) is 5.82 Å². The van der Waals surface area contributed by atoms with Gasteiger partial charge in [-0.15, -0.1) is 0 Å². The number of hydrogen-bond donors (Lipinski definition) is 2. The van der Waals surface area contributed by atoms with Crippen LogP contribution in [0.5, 0.6) is 0 Å². The number of hydrogen-bond acceptors (Lipinski definition) is 5. The fourth-order valence-corrected chi connectivity index (χ4v) is 3.63. The number of thioether (sulfide) groups is 1. The number of allylic oxidation sites excluding steroid dienone is 2. The van der Waals surface area contributed by atoms with Crippen LogP contribution in [0.15, 0.2) is 58.2 Å². The van der Waals surface area contributed by atoms with Crippen LogP contribution in [-0.2, 0) is 0 Å². The number of benzene rings is 1. The van der Waals surface area contributed by atoms with Crippen LogP contribution in [0.25, 0.3) is 5.70 Å². The molecule has 3 rings (SSSR count). The smallest absolute Gasteiger partial charge is 0.132 e. The first-order valence-electron chi connectivity index (χ1n) is 7.90. The summed E-state index contributed by atoms with van der Waals surface area (Å²) < 4.78 is 14.1. The van der Waals surface area contributed by atoms with E-state index in [1.165, 1.54) is 6.07 Å². The van der Waals surface area contributed by atoms with Crippen LogP contribution in [0.4, 0.5) is 4.39 Å². The summed E-state index contributed by atoms with van der Waals surface area (Å²) in [6.07, 6.45) is 1.95. The molecular formula is C18H21FN4S. The van der Waals surface area contributed by atoms with Crippen molar-refractivity contribution in [3.05, 3.63) is 64.6 Å². The number of nitrogens with one attached hydrogen (secondary N) is 1. The molecule has 0 unspecified atom stereocenters. The second-order valence-corrected chi connectivity index (χ2v) is 6.97. The fraction of sp³-hybridized carbons (Fsp3) is 0.278. The first kappa shape index (κ1) is 16.8. The molecule has 0 atom stereocenters. The lowest BCUT2D eigenvalue weighted by Crippen LogP contribution is -2.42. The molecule has 2 aliphatic heterocycles. The molecule has 1 fully saturated rings. The standard InChI is InChI=1S/C18H21FN4S/c1-12-11-15(17(20)14-5-3-4-6-16(14)19)18(24-12)22-13(2)23-9-7-21-8-10-23/h3-6,11,21H,2,7-10,20H2,1H3/b17-15-,22-18+. The summed E-state index contributed by atoms with van der Waals surface area (Å²) in [6, 6.07) is 6.54. The van der Waals surface area contributed by atoms with E-state index >= 15 is 0 Å². The van der Waals surface area contributed by atoms with Gasteiger partial charge in [0.05, 0.1) is 5.70 Å². The maximum atomic E-state index is 14.1. The molecule has 1 aromatic carbocycles. The molecule has 0 aromatic heterocycles. The van der Waals surface area contributed by atoms with E-state index in [0.29, 0.717) is 11.3 Å². The summed E-state index contributed by atoms with van der Waals surface area (Å²) in [5.74, 6) is 0.395. The third-order valence-electron chi connectivity index (χ3n) is 4.00. The fourth-order valence-electron chi connectivity index (χ4n) is 2.71. The molecule has 0 saturated carbocycles. The van der Waals surface area contributed by atoms with E-state index in [4.69, 9.17) is 5.73 Å². The Labute approximate surface area is 146 Å². The summed E-state index contributed by atoms with van der Waals surface area (Å²) in [4.78, 5) is 7.91. The summed E-state index contributed by atoms with van der Waals surface area (Å²) >= 11 is 1.54. The van der Waals surface area contributed by atoms with Gasteiger partial charge in [-0.1, -0.05) is 30.5 Å². The third kappa shape index (κ3) is 3.55. The van der Waals surface area contributed by atoms with Gasteiger partial charge in [0.1, 0.15) is 16.7 Å². The van der Waals surface area contributed by atoms with E-state index in [-0.39, 0.29) is 5.82 Å². The lowest BCUT2D eigenvalue weighted by atomic mass is 10.1. The molecule has 2 aliphatic rings. The molecule has 0 amide bonds. The lowest BCUT2D eigenvalue weighted by Gasteiger charge is -2.29. The summed E-state index contributed by atoms with van der Waals surface area (Å²) in [7, 11) is 0.